The van der Waals surface area contributed by atoms with Crippen molar-refractivity contribution in [2.45, 2.75) is 65.2 Å². The van der Waals surface area contributed by atoms with Crippen LogP contribution in [0.15, 0.2) is 24.3 Å². The van der Waals surface area contributed by atoms with Crippen molar-refractivity contribution in [1.82, 2.24) is 4.90 Å². The van der Waals surface area contributed by atoms with Crippen LogP contribution in [0.2, 0.25) is 5.02 Å². The highest BCUT2D eigenvalue weighted by Crippen LogP contribution is 2.20. The Morgan fingerprint density at radius 3 is 2.08 bits per heavy atom. The number of esters is 1. The van der Waals surface area contributed by atoms with Gasteiger partial charge in [0.15, 0.2) is 0 Å². The quantitative estimate of drug-likeness (QED) is 0.719. The van der Waals surface area contributed by atoms with Crippen LogP contribution >= 0.6 is 11.6 Å². The normalized spacial score (nSPS) is 13.1. The SMILES string of the molecule is CC(C(=O)OC(C)(C)Cc1ccc(Cl)cc1)N(C)C(=O)OC(C)(C)C. The maximum Gasteiger partial charge on any atom is 0.410 e. The molecule has 1 atom stereocenters. The minimum atomic E-state index is -0.751. The number of carbonyl (C=O) groups excluding carboxylic acids is 2. The molecule has 1 amide bonds. The fraction of sp³-hybridized carbons (Fsp3) is 0.579. The fourth-order valence-electron chi connectivity index (χ4n) is 2.14. The average Bonchev–Trinajstić information content (AvgIpc) is 2.45. The molecule has 6 heteroatoms. The summed E-state index contributed by atoms with van der Waals surface area (Å²) in [6.07, 6.45) is -0.0221. The summed E-state index contributed by atoms with van der Waals surface area (Å²) < 4.78 is 10.9. The Morgan fingerprint density at radius 2 is 1.60 bits per heavy atom. The van der Waals surface area contributed by atoms with Gasteiger partial charge in [0.1, 0.15) is 17.2 Å². The molecule has 1 unspecified atom stereocenters. The summed E-state index contributed by atoms with van der Waals surface area (Å²) in [5, 5.41) is 0.658. The molecular weight excluding hydrogens is 342 g/mol. The van der Waals surface area contributed by atoms with Crippen LogP contribution in [0.25, 0.3) is 0 Å². The predicted octanol–water partition coefficient (Wildman–Crippen LogP) is 4.46. The van der Waals surface area contributed by atoms with Gasteiger partial charge in [-0.3, -0.25) is 4.90 Å². The van der Waals surface area contributed by atoms with E-state index in [2.05, 4.69) is 0 Å². The van der Waals surface area contributed by atoms with E-state index in [4.69, 9.17) is 21.1 Å². The van der Waals surface area contributed by atoms with E-state index >= 15 is 0 Å². The van der Waals surface area contributed by atoms with Crippen LogP contribution in [0, 0.1) is 0 Å². The van der Waals surface area contributed by atoms with Gasteiger partial charge in [0, 0.05) is 18.5 Å². The number of benzene rings is 1. The standard InChI is InChI=1S/C19H28ClNO4/c1-13(21(7)17(23)25-18(2,3)4)16(22)24-19(5,6)12-14-8-10-15(20)11-9-14/h8-11,13H,12H2,1-7H3. The Morgan fingerprint density at radius 1 is 1.08 bits per heavy atom. The maximum absolute atomic E-state index is 12.4. The summed E-state index contributed by atoms with van der Waals surface area (Å²) in [5.74, 6) is -0.479. The molecule has 0 aromatic heterocycles. The number of likely N-dealkylation sites (N-methyl/N-ethyl adjacent to an activating group) is 1. The van der Waals surface area contributed by atoms with Gasteiger partial charge in [-0.05, 0) is 59.2 Å². The maximum atomic E-state index is 12.4. The molecular formula is C19H28ClNO4. The second-order valence-corrected chi connectivity index (χ2v) is 8.19. The number of ether oxygens (including phenoxy) is 2. The third-order valence-electron chi connectivity index (χ3n) is 3.52. The van der Waals surface area contributed by atoms with E-state index in [-0.39, 0.29) is 0 Å². The van der Waals surface area contributed by atoms with Gasteiger partial charge in [0.05, 0.1) is 0 Å². The predicted molar refractivity (Wildman–Crippen MR) is 98.8 cm³/mol. The van der Waals surface area contributed by atoms with Crippen molar-refractivity contribution in [3.63, 3.8) is 0 Å². The van der Waals surface area contributed by atoms with Crippen LogP contribution in [0.3, 0.4) is 0 Å². The summed E-state index contributed by atoms with van der Waals surface area (Å²) in [4.78, 5) is 25.7. The Hall–Kier alpha value is -1.75. The van der Waals surface area contributed by atoms with Gasteiger partial charge < -0.3 is 9.47 Å². The lowest BCUT2D eigenvalue weighted by molar-refractivity contribution is -0.161. The average molecular weight is 370 g/mol. The summed E-state index contributed by atoms with van der Waals surface area (Å²) in [6.45, 7) is 10.6. The number of hydrogen-bond donors (Lipinski definition) is 0. The van der Waals surface area contributed by atoms with Crippen LogP contribution in [-0.4, -0.2) is 41.3 Å². The van der Waals surface area contributed by atoms with Gasteiger partial charge in [-0.25, -0.2) is 9.59 Å². The van der Waals surface area contributed by atoms with Crippen molar-refractivity contribution >= 4 is 23.7 Å². The van der Waals surface area contributed by atoms with E-state index in [0.717, 1.165) is 5.56 Å². The van der Waals surface area contributed by atoms with Crippen LogP contribution < -0.4 is 0 Å². The first-order chi connectivity index (χ1) is 11.3. The summed E-state index contributed by atoms with van der Waals surface area (Å²) in [5.41, 5.74) is -0.327. The topological polar surface area (TPSA) is 55.8 Å². The summed E-state index contributed by atoms with van der Waals surface area (Å²) in [6, 6.07) is 6.64. The number of hydrogen-bond acceptors (Lipinski definition) is 4. The van der Waals surface area contributed by atoms with E-state index in [1.54, 1.807) is 39.8 Å². The second kappa shape index (κ2) is 8.09. The third-order valence-corrected chi connectivity index (χ3v) is 3.78. The number of halogens is 1. The van der Waals surface area contributed by atoms with E-state index < -0.39 is 29.3 Å². The van der Waals surface area contributed by atoms with Gasteiger partial charge >= 0.3 is 12.1 Å². The van der Waals surface area contributed by atoms with E-state index in [0.29, 0.717) is 11.4 Å². The third kappa shape index (κ3) is 7.34. The summed E-state index contributed by atoms with van der Waals surface area (Å²) >= 11 is 5.88. The Labute approximate surface area is 155 Å². The van der Waals surface area contributed by atoms with E-state index in [1.807, 2.05) is 26.0 Å². The minimum absolute atomic E-state index is 0.479. The van der Waals surface area contributed by atoms with Gasteiger partial charge in [-0.2, -0.15) is 0 Å². The first-order valence-corrected chi connectivity index (χ1v) is 8.62. The molecule has 0 bridgehead atoms. The van der Waals surface area contributed by atoms with Gasteiger partial charge in [0.2, 0.25) is 0 Å². The molecule has 0 spiro atoms. The van der Waals surface area contributed by atoms with E-state index in [9.17, 15) is 9.59 Å². The van der Waals surface area contributed by atoms with Crippen molar-refractivity contribution in [2.24, 2.45) is 0 Å². The zero-order valence-electron chi connectivity index (χ0n) is 16.1. The largest absolute Gasteiger partial charge is 0.458 e. The van der Waals surface area contributed by atoms with Crippen molar-refractivity contribution in [2.75, 3.05) is 7.05 Å². The second-order valence-electron chi connectivity index (χ2n) is 7.75. The molecule has 0 heterocycles. The molecule has 0 aliphatic rings. The number of rotatable bonds is 5. The van der Waals surface area contributed by atoms with Crippen LogP contribution in [0.4, 0.5) is 4.79 Å². The number of amides is 1. The molecule has 0 radical (unpaired) electrons. The Bertz CT molecular complexity index is 605. The molecule has 1 rings (SSSR count). The Balaban J connectivity index is 2.68. The fourth-order valence-corrected chi connectivity index (χ4v) is 2.26. The highest BCUT2D eigenvalue weighted by molar-refractivity contribution is 6.30. The van der Waals surface area contributed by atoms with E-state index in [1.165, 1.54) is 11.9 Å². The molecule has 140 valence electrons. The lowest BCUT2D eigenvalue weighted by Crippen LogP contribution is -2.46. The smallest absolute Gasteiger partial charge is 0.410 e. The lowest BCUT2D eigenvalue weighted by Gasteiger charge is -2.31. The molecule has 0 fully saturated rings. The first-order valence-electron chi connectivity index (χ1n) is 8.24. The number of carbonyl (C=O) groups is 2. The van der Waals surface area contributed by atoms with Crippen LogP contribution in [0.5, 0.6) is 0 Å². The molecule has 0 aliphatic carbocycles. The zero-order chi connectivity index (χ0) is 19.4. The molecule has 1 aromatic rings. The molecule has 0 aliphatic heterocycles. The molecule has 0 saturated heterocycles. The highest BCUT2D eigenvalue weighted by Gasteiger charge is 2.32. The van der Waals surface area contributed by atoms with Crippen molar-refractivity contribution in [3.05, 3.63) is 34.9 Å². The molecule has 0 saturated carbocycles. The van der Waals surface area contributed by atoms with Gasteiger partial charge in [-0.15, -0.1) is 0 Å². The molecule has 1 aromatic carbocycles. The molecule has 0 N–H and O–H groups in total. The van der Waals surface area contributed by atoms with Gasteiger partial charge in [-0.1, -0.05) is 23.7 Å². The van der Waals surface area contributed by atoms with Crippen LogP contribution in [-0.2, 0) is 20.7 Å². The first kappa shape index (κ1) is 21.3. The Kier molecular flexibility index (Phi) is 6.89. The summed E-state index contributed by atoms with van der Waals surface area (Å²) in [7, 11) is 1.52. The van der Waals surface area contributed by atoms with Crippen molar-refractivity contribution < 1.29 is 19.1 Å². The van der Waals surface area contributed by atoms with Crippen molar-refractivity contribution in [1.29, 1.82) is 0 Å². The molecule has 25 heavy (non-hydrogen) atoms. The minimum Gasteiger partial charge on any atom is -0.458 e. The molecule has 5 nitrogen and oxygen atoms in total. The zero-order valence-corrected chi connectivity index (χ0v) is 16.8. The lowest BCUT2D eigenvalue weighted by atomic mass is 9.98. The highest BCUT2D eigenvalue weighted by atomic mass is 35.5. The van der Waals surface area contributed by atoms with Crippen LogP contribution in [0.1, 0.15) is 47.1 Å². The number of nitrogens with zero attached hydrogens (tertiary/aromatic N) is 1. The van der Waals surface area contributed by atoms with Gasteiger partial charge in [0.25, 0.3) is 0 Å². The van der Waals surface area contributed by atoms with Crippen molar-refractivity contribution in [3.8, 4) is 0 Å². The monoisotopic (exact) mass is 369 g/mol.